The minimum absolute atomic E-state index is 0.259. The summed E-state index contributed by atoms with van der Waals surface area (Å²) in [5.41, 5.74) is 6.42. The molecule has 0 radical (unpaired) electrons. The summed E-state index contributed by atoms with van der Waals surface area (Å²) in [6.07, 6.45) is 2.57. The van der Waals surface area contributed by atoms with Crippen molar-refractivity contribution in [3.63, 3.8) is 0 Å². The van der Waals surface area contributed by atoms with Crippen molar-refractivity contribution in [2.75, 3.05) is 17.7 Å². The van der Waals surface area contributed by atoms with Gasteiger partial charge in [-0.25, -0.2) is 14.8 Å². The fraction of sp³-hybridized carbons (Fsp3) is 0.125. The van der Waals surface area contributed by atoms with Gasteiger partial charge in [0.2, 0.25) is 0 Å². The van der Waals surface area contributed by atoms with Crippen LogP contribution in [0.15, 0.2) is 30.5 Å². The van der Waals surface area contributed by atoms with Gasteiger partial charge in [-0.05, 0) is 31.2 Å². The molecule has 0 bridgehead atoms. The highest BCUT2D eigenvalue weighted by molar-refractivity contribution is 7.25. The number of aryl methyl sites for hydroxylation is 1. The van der Waals surface area contributed by atoms with E-state index in [1.165, 1.54) is 11.3 Å². The van der Waals surface area contributed by atoms with Gasteiger partial charge in [0.1, 0.15) is 0 Å². The lowest BCUT2D eigenvalue weighted by Crippen LogP contribution is -1.96. The van der Waals surface area contributed by atoms with E-state index >= 15 is 0 Å². The molecule has 0 atom stereocenters. The molecule has 3 rings (SSSR count). The standard InChI is InChI=1S/C15H14N4O2S2.CH4N2/c1-8-12(23-14(16-2)18-8)11-7-17-15(22-11)19-10-5-3-9(4-6-10)13(20)21;2-1-3/h3-7H,1-2H3,(H,16,18)(H,17,19)(H,20,21);1H,(H3,2,3). The van der Waals surface area contributed by atoms with Gasteiger partial charge >= 0.3 is 5.97 Å². The molecule has 0 aliphatic carbocycles. The monoisotopic (exact) mass is 390 g/mol. The highest BCUT2D eigenvalue weighted by Crippen LogP contribution is 2.37. The highest BCUT2D eigenvalue weighted by atomic mass is 32.1. The number of nitrogens with zero attached hydrogens (tertiary/aromatic N) is 2. The predicted molar refractivity (Wildman–Crippen MR) is 107 cm³/mol. The lowest BCUT2D eigenvalue weighted by molar-refractivity contribution is 0.0697. The van der Waals surface area contributed by atoms with Crippen molar-refractivity contribution in [1.29, 1.82) is 5.41 Å². The first-order valence-electron chi connectivity index (χ1n) is 7.41. The number of aromatic nitrogens is 2. The van der Waals surface area contributed by atoms with Gasteiger partial charge < -0.3 is 21.5 Å². The Balaban J connectivity index is 0.000000758. The maximum atomic E-state index is 10.8. The van der Waals surface area contributed by atoms with E-state index in [9.17, 15) is 4.79 Å². The van der Waals surface area contributed by atoms with E-state index in [1.54, 1.807) is 35.6 Å². The zero-order valence-corrected chi connectivity index (χ0v) is 15.7. The molecule has 0 unspecified atom stereocenters. The van der Waals surface area contributed by atoms with Crippen molar-refractivity contribution in [3.8, 4) is 9.75 Å². The number of carbonyl (C=O) groups is 1. The quantitative estimate of drug-likeness (QED) is 0.331. The largest absolute Gasteiger partial charge is 0.478 e. The zero-order chi connectivity index (χ0) is 19.1. The fourth-order valence-electron chi connectivity index (χ4n) is 1.99. The normalized spacial score (nSPS) is 9.77. The number of hydrogen-bond acceptors (Lipinski definition) is 8. The first kappa shape index (κ1) is 19.3. The number of aromatic carboxylic acids is 1. The number of hydrogen-bond donors (Lipinski definition) is 5. The van der Waals surface area contributed by atoms with Gasteiger partial charge in [-0.1, -0.05) is 22.7 Å². The van der Waals surface area contributed by atoms with Gasteiger partial charge in [0.25, 0.3) is 0 Å². The first-order valence-corrected chi connectivity index (χ1v) is 9.04. The summed E-state index contributed by atoms with van der Waals surface area (Å²) in [4.78, 5) is 21.8. The van der Waals surface area contributed by atoms with Crippen LogP contribution < -0.4 is 16.4 Å². The number of carboxylic acid groups (broad SMARTS) is 1. The van der Waals surface area contributed by atoms with Crippen LogP contribution in [-0.2, 0) is 0 Å². The fourth-order valence-corrected chi connectivity index (χ4v) is 3.89. The molecule has 6 N–H and O–H groups in total. The van der Waals surface area contributed by atoms with Crippen LogP contribution in [0.4, 0.5) is 16.0 Å². The summed E-state index contributed by atoms with van der Waals surface area (Å²) in [6, 6.07) is 6.57. The lowest BCUT2D eigenvalue weighted by Gasteiger charge is -2.02. The number of rotatable bonds is 5. The molecule has 0 aliphatic heterocycles. The third-order valence-electron chi connectivity index (χ3n) is 3.12. The average molecular weight is 390 g/mol. The molecule has 0 aliphatic rings. The number of nitrogens with one attached hydrogen (secondary N) is 3. The summed E-state index contributed by atoms with van der Waals surface area (Å²) >= 11 is 3.13. The van der Waals surface area contributed by atoms with Crippen LogP contribution in [0.5, 0.6) is 0 Å². The third kappa shape index (κ3) is 4.77. The van der Waals surface area contributed by atoms with E-state index in [1.807, 2.05) is 20.2 Å². The Morgan fingerprint density at radius 1 is 1.27 bits per heavy atom. The third-order valence-corrected chi connectivity index (χ3v) is 5.39. The van der Waals surface area contributed by atoms with Crippen molar-refractivity contribution in [2.24, 2.45) is 5.73 Å². The molecule has 0 saturated heterocycles. The van der Waals surface area contributed by atoms with Gasteiger partial charge in [-0.3, -0.25) is 5.41 Å². The Kier molecular flexibility index (Phi) is 6.64. The topological polar surface area (TPSA) is 137 Å². The van der Waals surface area contributed by atoms with Crippen LogP contribution in [0, 0.1) is 12.3 Å². The molecule has 3 aromatic rings. The predicted octanol–water partition coefficient (Wildman–Crippen LogP) is 3.61. The second-order valence-electron chi connectivity index (χ2n) is 4.89. The Labute approximate surface area is 158 Å². The van der Waals surface area contributed by atoms with E-state index in [2.05, 4.69) is 26.3 Å². The van der Waals surface area contributed by atoms with Crippen LogP contribution in [0.3, 0.4) is 0 Å². The van der Waals surface area contributed by atoms with Crippen LogP contribution in [-0.4, -0.2) is 34.4 Å². The van der Waals surface area contributed by atoms with Crippen molar-refractivity contribution in [1.82, 2.24) is 9.97 Å². The van der Waals surface area contributed by atoms with E-state index in [0.717, 1.165) is 37.7 Å². The van der Waals surface area contributed by atoms with Crippen LogP contribution in [0.2, 0.25) is 0 Å². The van der Waals surface area contributed by atoms with Crippen LogP contribution >= 0.6 is 22.7 Å². The molecule has 2 heterocycles. The minimum Gasteiger partial charge on any atom is -0.478 e. The van der Waals surface area contributed by atoms with Crippen LogP contribution in [0.25, 0.3) is 9.75 Å². The second kappa shape index (κ2) is 8.92. The molecule has 2 aromatic heterocycles. The van der Waals surface area contributed by atoms with E-state index in [0.29, 0.717) is 0 Å². The molecule has 1 aromatic carbocycles. The van der Waals surface area contributed by atoms with Gasteiger partial charge in [0.05, 0.1) is 27.4 Å². The number of benzene rings is 1. The number of nitrogens with two attached hydrogens (primary N) is 1. The molecule has 26 heavy (non-hydrogen) atoms. The van der Waals surface area contributed by atoms with Gasteiger partial charge in [-0.2, -0.15) is 0 Å². The molecule has 136 valence electrons. The van der Waals surface area contributed by atoms with Crippen LogP contribution in [0.1, 0.15) is 16.1 Å². The smallest absolute Gasteiger partial charge is 0.335 e. The van der Waals surface area contributed by atoms with Crippen molar-refractivity contribution < 1.29 is 9.90 Å². The molecular formula is C16H18N6O2S2. The van der Waals surface area contributed by atoms with Gasteiger partial charge in [0.15, 0.2) is 10.3 Å². The molecule has 0 spiro atoms. The summed E-state index contributed by atoms with van der Waals surface area (Å²) in [5, 5.41) is 22.6. The molecule has 10 heteroatoms. The number of thiazole rings is 2. The number of carboxylic acids is 1. The Morgan fingerprint density at radius 3 is 2.46 bits per heavy atom. The van der Waals surface area contributed by atoms with Crippen molar-refractivity contribution in [2.45, 2.75) is 6.92 Å². The van der Waals surface area contributed by atoms with E-state index in [4.69, 9.17) is 10.5 Å². The number of anilines is 3. The first-order chi connectivity index (χ1) is 12.5. The second-order valence-corrected chi connectivity index (χ2v) is 6.92. The summed E-state index contributed by atoms with van der Waals surface area (Å²) < 4.78 is 0. The Hall–Kier alpha value is -2.98. The summed E-state index contributed by atoms with van der Waals surface area (Å²) in [7, 11) is 1.85. The maximum absolute atomic E-state index is 10.8. The zero-order valence-electron chi connectivity index (χ0n) is 14.1. The SMILES string of the molecule is CNc1nc(C)c(-c2cnc(Nc3ccc(C(=O)O)cc3)s2)s1.N=CN. The minimum atomic E-state index is -0.936. The molecular weight excluding hydrogens is 372 g/mol. The van der Waals surface area contributed by atoms with Gasteiger partial charge in [0, 0.05) is 18.9 Å². The van der Waals surface area contributed by atoms with Crippen molar-refractivity contribution in [3.05, 3.63) is 41.7 Å². The van der Waals surface area contributed by atoms with Gasteiger partial charge in [-0.15, -0.1) is 0 Å². The molecule has 0 amide bonds. The van der Waals surface area contributed by atoms with E-state index < -0.39 is 5.97 Å². The molecule has 0 saturated carbocycles. The maximum Gasteiger partial charge on any atom is 0.335 e. The molecule has 0 fully saturated rings. The average Bonchev–Trinajstić information content (AvgIpc) is 3.22. The lowest BCUT2D eigenvalue weighted by atomic mass is 10.2. The highest BCUT2D eigenvalue weighted by Gasteiger charge is 2.12. The Bertz CT molecular complexity index is 889. The Morgan fingerprint density at radius 2 is 1.92 bits per heavy atom. The summed E-state index contributed by atoms with van der Waals surface area (Å²) in [5.74, 6) is -0.936. The van der Waals surface area contributed by atoms with E-state index in [-0.39, 0.29) is 5.56 Å². The summed E-state index contributed by atoms with van der Waals surface area (Å²) in [6.45, 7) is 1.98. The van der Waals surface area contributed by atoms with Crippen molar-refractivity contribution >= 4 is 50.9 Å². The molecule has 8 nitrogen and oxygen atoms in total.